The molecule has 1 aliphatic rings. The van der Waals surface area contributed by atoms with Crippen LogP contribution in [-0.4, -0.2) is 37.8 Å². The molecule has 106 valence electrons. The number of rotatable bonds is 5. The van der Waals surface area contributed by atoms with Gasteiger partial charge in [0.25, 0.3) is 0 Å². The fourth-order valence-corrected chi connectivity index (χ4v) is 2.73. The summed E-state index contributed by atoms with van der Waals surface area (Å²) in [6.45, 7) is 6.39. The van der Waals surface area contributed by atoms with Gasteiger partial charge < -0.3 is 5.11 Å². The quantitative estimate of drug-likeness (QED) is 0.886. The van der Waals surface area contributed by atoms with Crippen LogP contribution in [0.25, 0.3) is 0 Å². The number of likely N-dealkylation sites (tertiary alicyclic amines) is 1. The van der Waals surface area contributed by atoms with E-state index in [1.807, 2.05) is 24.0 Å². The Hall–Kier alpha value is -1.36. The second-order valence-corrected chi connectivity index (χ2v) is 5.57. The van der Waals surface area contributed by atoms with Gasteiger partial charge in [0.1, 0.15) is 5.54 Å². The van der Waals surface area contributed by atoms with E-state index in [4.69, 9.17) is 0 Å². The highest BCUT2D eigenvalue weighted by Gasteiger charge is 2.41. The molecule has 0 amide bonds. The van der Waals surface area contributed by atoms with E-state index in [0.717, 1.165) is 44.3 Å². The van der Waals surface area contributed by atoms with Gasteiger partial charge in [-0.1, -0.05) is 6.92 Å². The molecule has 0 aliphatic carbocycles. The van der Waals surface area contributed by atoms with Gasteiger partial charge in [0.05, 0.1) is 6.20 Å². The van der Waals surface area contributed by atoms with Crippen LogP contribution >= 0.6 is 0 Å². The van der Waals surface area contributed by atoms with Gasteiger partial charge in [0, 0.05) is 24.8 Å². The van der Waals surface area contributed by atoms with E-state index in [0.29, 0.717) is 6.54 Å². The molecule has 1 unspecified atom stereocenters. The maximum atomic E-state index is 11.5. The summed E-state index contributed by atoms with van der Waals surface area (Å²) in [6, 6.07) is 0. The Morgan fingerprint density at radius 1 is 1.53 bits per heavy atom. The summed E-state index contributed by atoms with van der Waals surface area (Å²) in [5, 5.41) is 13.8. The predicted octanol–water partition coefficient (Wildman–Crippen LogP) is 2.12. The highest BCUT2D eigenvalue weighted by Crippen LogP contribution is 2.29. The number of carboxylic acid groups (broad SMARTS) is 1. The lowest BCUT2D eigenvalue weighted by Gasteiger charge is -2.41. The van der Waals surface area contributed by atoms with Crippen LogP contribution in [0, 0.1) is 0 Å². The third kappa shape index (κ3) is 2.97. The zero-order valence-corrected chi connectivity index (χ0v) is 11.8. The van der Waals surface area contributed by atoms with Crippen LogP contribution in [0.15, 0.2) is 12.4 Å². The number of hydrogen-bond donors (Lipinski definition) is 1. The number of aliphatic carboxylic acids is 1. The second kappa shape index (κ2) is 5.74. The molecule has 1 fully saturated rings. The first-order chi connectivity index (χ1) is 9.06. The number of hydrogen-bond acceptors (Lipinski definition) is 3. The van der Waals surface area contributed by atoms with Crippen LogP contribution in [0.3, 0.4) is 0 Å². The molecule has 5 heteroatoms. The first-order valence-electron chi connectivity index (χ1n) is 7.06. The van der Waals surface area contributed by atoms with Gasteiger partial charge >= 0.3 is 5.97 Å². The zero-order valence-electron chi connectivity index (χ0n) is 11.8. The van der Waals surface area contributed by atoms with Crippen molar-refractivity contribution in [2.24, 2.45) is 0 Å². The van der Waals surface area contributed by atoms with Crippen molar-refractivity contribution in [3.8, 4) is 0 Å². The summed E-state index contributed by atoms with van der Waals surface area (Å²) in [6.07, 6.45) is 7.73. The lowest BCUT2D eigenvalue weighted by atomic mass is 9.88. The average Bonchev–Trinajstić information content (AvgIpc) is 2.80. The van der Waals surface area contributed by atoms with E-state index < -0.39 is 11.5 Å². The summed E-state index contributed by atoms with van der Waals surface area (Å²) in [5.41, 5.74) is 0.369. The van der Waals surface area contributed by atoms with Crippen molar-refractivity contribution in [3.05, 3.63) is 18.0 Å². The van der Waals surface area contributed by atoms with Crippen LogP contribution in [-0.2, 0) is 17.9 Å². The van der Waals surface area contributed by atoms with E-state index in [1.54, 1.807) is 0 Å². The summed E-state index contributed by atoms with van der Waals surface area (Å²) in [7, 11) is 0. The lowest BCUT2D eigenvalue weighted by Crippen LogP contribution is -2.54. The van der Waals surface area contributed by atoms with E-state index >= 15 is 0 Å². The standard InChI is InChI=1S/C14H23N3O2/c1-3-7-17-11-12(9-15-17)10-16-8-5-4-6-14(16,2)13(18)19/h9,11H,3-8,10H2,1-2H3,(H,18,19). The minimum Gasteiger partial charge on any atom is -0.480 e. The summed E-state index contributed by atoms with van der Waals surface area (Å²) in [4.78, 5) is 13.6. The zero-order chi connectivity index (χ0) is 13.9. The molecule has 2 rings (SSSR count). The average molecular weight is 265 g/mol. The fraction of sp³-hybridized carbons (Fsp3) is 0.714. The van der Waals surface area contributed by atoms with Crippen molar-refractivity contribution in [3.63, 3.8) is 0 Å². The molecule has 1 aromatic heterocycles. The van der Waals surface area contributed by atoms with Crippen molar-refractivity contribution in [2.45, 2.75) is 58.2 Å². The fourth-order valence-electron chi connectivity index (χ4n) is 2.73. The van der Waals surface area contributed by atoms with Crippen LogP contribution in [0.2, 0.25) is 0 Å². The molecule has 2 heterocycles. The molecule has 1 N–H and O–H groups in total. The Balaban J connectivity index is 2.08. The highest BCUT2D eigenvalue weighted by molar-refractivity contribution is 5.78. The van der Waals surface area contributed by atoms with Crippen molar-refractivity contribution < 1.29 is 9.90 Å². The Bertz CT molecular complexity index is 444. The molecule has 0 saturated carbocycles. The van der Waals surface area contributed by atoms with Gasteiger partial charge in [0.2, 0.25) is 0 Å². The Morgan fingerprint density at radius 3 is 3.00 bits per heavy atom. The van der Waals surface area contributed by atoms with Crippen LogP contribution in [0.4, 0.5) is 0 Å². The number of aromatic nitrogens is 2. The summed E-state index contributed by atoms with van der Waals surface area (Å²) in [5.74, 6) is -0.715. The van der Waals surface area contributed by atoms with Gasteiger partial charge in [-0.05, 0) is 39.2 Å². The smallest absolute Gasteiger partial charge is 0.323 e. The van der Waals surface area contributed by atoms with E-state index in [9.17, 15) is 9.90 Å². The Morgan fingerprint density at radius 2 is 2.32 bits per heavy atom. The molecule has 19 heavy (non-hydrogen) atoms. The van der Waals surface area contributed by atoms with E-state index in [2.05, 4.69) is 16.9 Å². The topological polar surface area (TPSA) is 58.4 Å². The van der Waals surface area contributed by atoms with Gasteiger partial charge in [0.15, 0.2) is 0 Å². The van der Waals surface area contributed by atoms with Crippen molar-refractivity contribution in [1.82, 2.24) is 14.7 Å². The normalized spacial score (nSPS) is 24.5. The molecule has 1 aromatic rings. The number of piperidine rings is 1. The number of carbonyl (C=O) groups is 1. The van der Waals surface area contributed by atoms with Crippen molar-refractivity contribution in [2.75, 3.05) is 6.54 Å². The van der Waals surface area contributed by atoms with Gasteiger partial charge in [-0.25, -0.2) is 0 Å². The third-order valence-electron chi connectivity index (χ3n) is 4.01. The Kier molecular flexibility index (Phi) is 4.24. The van der Waals surface area contributed by atoms with E-state index in [-0.39, 0.29) is 0 Å². The maximum Gasteiger partial charge on any atom is 0.323 e. The molecule has 1 atom stereocenters. The van der Waals surface area contributed by atoms with Gasteiger partial charge in [-0.2, -0.15) is 5.10 Å². The SMILES string of the molecule is CCCn1cc(CN2CCCCC2(C)C(=O)O)cn1. The number of nitrogens with zero attached hydrogens (tertiary/aromatic N) is 3. The predicted molar refractivity (Wildman–Crippen MR) is 72.8 cm³/mol. The van der Waals surface area contributed by atoms with Gasteiger partial charge in [-0.3, -0.25) is 14.4 Å². The first kappa shape index (κ1) is 14.1. The molecule has 0 spiro atoms. The molecular weight excluding hydrogens is 242 g/mol. The lowest BCUT2D eigenvalue weighted by molar-refractivity contribution is -0.153. The molecule has 1 saturated heterocycles. The third-order valence-corrected chi connectivity index (χ3v) is 4.01. The molecule has 0 radical (unpaired) electrons. The summed E-state index contributed by atoms with van der Waals surface area (Å²) >= 11 is 0. The van der Waals surface area contributed by atoms with Crippen LogP contribution in [0.1, 0.15) is 45.1 Å². The van der Waals surface area contributed by atoms with Crippen LogP contribution < -0.4 is 0 Å². The van der Waals surface area contributed by atoms with Crippen molar-refractivity contribution in [1.29, 1.82) is 0 Å². The first-order valence-corrected chi connectivity index (χ1v) is 7.06. The summed E-state index contributed by atoms with van der Waals surface area (Å²) < 4.78 is 1.93. The van der Waals surface area contributed by atoms with Gasteiger partial charge in [-0.15, -0.1) is 0 Å². The van der Waals surface area contributed by atoms with E-state index in [1.165, 1.54) is 0 Å². The minimum atomic E-state index is -0.731. The van der Waals surface area contributed by atoms with Crippen molar-refractivity contribution >= 4 is 5.97 Å². The second-order valence-electron chi connectivity index (χ2n) is 5.57. The molecule has 5 nitrogen and oxygen atoms in total. The molecule has 1 aliphatic heterocycles. The van der Waals surface area contributed by atoms with Crippen LogP contribution in [0.5, 0.6) is 0 Å². The number of aryl methyl sites for hydroxylation is 1. The minimum absolute atomic E-state index is 0.673. The number of carboxylic acids is 1. The largest absolute Gasteiger partial charge is 0.480 e. The highest BCUT2D eigenvalue weighted by atomic mass is 16.4. The molecular formula is C14H23N3O2. The molecule has 0 bridgehead atoms. The maximum absolute atomic E-state index is 11.5. The Labute approximate surface area is 114 Å². The molecule has 0 aromatic carbocycles. The monoisotopic (exact) mass is 265 g/mol.